The van der Waals surface area contributed by atoms with Crippen molar-refractivity contribution in [3.63, 3.8) is 0 Å². The van der Waals surface area contributed by atoms with Crippen LogP contribution in [0.3, 0.4) is 0 Å². The van der Waals surface area contributed by atoms with Gasteiger partial charge in [0.1, 0.15) is 23.6 Å². The first-order chi connectivity index (χ1) is 16.0. The Balaban J connectivity index is 1.36. The Bertz CT molecular complexity index is 1150. The average molecular weight is 485 g/mol. The van der Waals surface area contributed by atoms with Crippen LogP contribution in [0.2, 0.25) is 24.7 Å². The lowest BCUT2D eigenvalue weighted by Gasteiger charge is -2.37. The first-order valence-electron chi connectivity index (χ1n) is 12.1. The minimum atomic E-state index is -1.46. The van der Waals surface area contributed by atoms with Crippen molar-refractivity contribution >= 4 is 19.2 Å². The van der Waals surface area contributed by atoms with Gasteiger partial charge in [0.05, 0.1) is 14.3 Å². The second-order valence-corrected chi connectivity index (χ2v) is 16.8. The maximum Gasteiger partial charge on any atom is 0.241 e. The molecule has 0 amide bonds. The number of hydrogen-bond acceptors (Lipinski definition) is 6. The van der Waals surface area contributed by atoms with Crippen LogP contribution in [0.1, 0.15) is 47.0 Å². The first-order valence-corrected chi connectivity index (χ1v) is 15.4. The molecule has 1 aliphatic rings. The third-order valence-corrected chi connectivity index (χ3v) is 11.3. The van der Waals surface area contributed by atoms with Gasteiger partial charge in [-0.15, -0.1) is 0 Å². The highest BCUT2D eigenvalue weighted by molar-refractivity contribution is 6.78. The molecule has 1 aliphatic heterocycles. The largest absolute Gasteiger partial charge is 0.361 e. The van der Waals surface area contributed by atoms with Gasteiger partial charge in [0, 0.05) is 36.3 Å². The summed E-state index contributed by atoms with van der Waals surface area (Å²) < 4.78 is 22.0. The van der Waals surface area contributed by atoms with E-state index in [2.05, 4.69) is 66.0 Å². The van der Waals surface area contributed by atoms with Gasteiger partial charge < -0.3 is 14.6 Å². The predicted molar refractivity (Wildman–Crippen MR) is 136 cm³/mol. The monoisotopic (exact) mass is 484 g/mol. The van der Waals surface area contributed by atoms with Crippen molar-refractivity contribution in [2.24, 2.45) is 0 Å². The number of hydrogen-bond donors (Lipinski definition) is 1. The van der Waals surface area contributed by atoms with E-state index >= 15 is 0 Å². The molecular formula is C25H37FN6OSi. The van der Waals surface area contributed by atoms with Crippen LogP contribution in [0.25, 0.3) is 22.6 Å². The molecule has 0 radical (unpaired) electrons. The summed E-state index contributed by atoms with van der Waals surface area (Å²) in [4.78, 5) is 16.7. The van der Waals surface area contributed by atoms with Crippen LogP contribution in [-0.4, -0.2) is 50.3 Å². The third kappa shape index (κ3) is 5.70. The van der Waals surface area contributed by atoms with Gasteiger partial charge in [0.2, 0.25) is 5.95 Å². The van der Waals surface area contributed by atoms with E-state index in [4.69, 9.17) is 4.74 Å². The number of rotatable bonds is 7. The molecule has 0 bridgehead atoms. The van der Waals surface area contributed by atoms with Crippen molar-refractivity contribution in [3.05, 3.63) is 36.8 Å². The minimum Gasteiger partial charge on any atom is -0.361 e. The van der Waals surface area contributed by atoms with E-state index in [9.17, 15) is 4.39 Å². The molecule has 184 valence electrons. The fourth-order valence-corrected chi connectivity index (χ4v) is 8.39. The maximum atomic E-state index is 14.0. The lowest BCUT2D eigenvalue weighted by molar-refractivity contribution is 0.0895. The summed E-state index contributed by atoms with van der Waals surface area (Å²) in [6.07, 6.45) is 9.93. The molecule has 34 heavy (non-hydrogen) atoms. The van der Waals surface area contributed by atoms with Crippen LogP contribution in [0.15, 0.2) is 30.9 Å². The van der Waals surface area contributed by atoms with Gasteiger partial charge in [-0.1, -0.05) is 19.5 Å². The molecule has 1 atom stereocenters. The van der Waals surface area contributed by atoms with E-state index in [0.29, 0.717) is 23.6 Å². The molecule has 1 fully saturated rings. The summed E-state index contributed by atoms with van der Waals surface area (Å²) in [6, 6.07) is 3.00. The van der Waals surface area contributed by atoms with Crippen LogP contribution in [0.5, 0.6) is 0 Å². The number of nitrogens with one attached hydrogen (secondary N) is 1. The Kier molecular flexibility index (Phi) is 6.90. The second-order valence-electron chi connectivity index (χ2n) is 11.6. The van der Waals surface area contributed by atoms with Gasteiger partial charge in [0.15, 0.2) is 5.65 Å². The molecule has 1 saturated heterocycles. The summed E-state index contributed by atoms with van der Waals surface area (Å²) in [5.41, 5.74) is 2.99. The quantitative estimate of drug-likeness (QED) is 0.357. The van der Waals surface area contributed by atoms with E-state index in [1.165, 1.54) is 37.9 Å². The normalized spacial score (nSPS) is 20.4. The van der Waals surface area contributed by atoms with E-state index in [1.807, 2.05) is 16.8 Å². The number of ether oxygens (including phenoxy) is 1. The zero-order valence-electron chi connectivity index (χ0n) is 21.2. The summed E-state index contributed by atoms with van der Waals surface area (Å²) in [5, 5.41) is 3.86. The summed E-state index contributed by atoms with van der Waals surface area (Å²) in [7, 11) is -1.46. The van der Waals surface area contributed by atoms with E-state index < -0.39 is 14.0 Å². The Hall–Kier alpha value is -2.23. The van der Waals surface area contributed by atoms with Crippen LogP contribution in [-0.2, 0) is 11.5 Å². The molecule has 7 nitrogen and oxygen atoms in total. The van der Waals surface area contributed by atoms with Crippen LogP contribution < -0.4 is 5.32 Å². The summed E-state index contributed by atoms with van der Waals surface area (Å²) >= 11 is 0. The van der Waals surface area contributed by atoms with Crippen molar-refractivity contribution < 1.29 is 9.13 Å². The Labute approximate surface area is 202 Å². The van der Waals surface area contributed by atoms with E-state index in [0.717, 1.165) is 18.2 Å². The van der Waals surface area contributed by atoms with Gasteiger partial charge in [-0.25, -0.2) is 19.9 Å². The minimum absolute atomic E-state index is 0.105. The van der Waals surface area contributed by atoms with E-state index in [1.54, 1.807) is 0 Å². The SMILES string of the molecule is CC1(C)CCC([Si](C)(C)CCOCn2ccc3nc(-c4nccnc4F)cnc32)CC(C)(C)N1. The fourth-order valence-electron chi connectivity index (χ4n) is 5.32. The van der Waals surface area contributed by atoms with Crippen molar-refractivity contribution in [1.82, 2.24) is 29.8 Å². The smallest absolute Gasteiger partial charge is 0.241 e. The number of fused-ring (bicyclic) bond motifs is 1. The maximum absolute atomic E-state index is 14.0. The first kappa shape index (κ1) is 24.9. The fraction of sp³-hybridized carbons (Fsp3) is 0.600. The standard InChI is InChI=1S/C25H37FN6OSi/c1-24(2)9-7-18(15-25(3,4)31-24)34(5,6)14-13-33-17-32-12-8-19-23(32)29-16-20(30-19)21-22(26)28-11-10-27-21/h8,10-12,16,18,31H,7,9,13-15,17H2,1-6H3. The highest BCUT2D eigenvalue weighted by Gasteiger charge is 2.40. The molecule has 0 aliphatic carbocycles. The highest BCUT2D eigenvalue weighted by atomic mass is 28.3. The number of nitrogens with zero attached hydrogens (tertiary/aromatic N) is 5. The molecule has 3 aromatic heterocycles. The molecule has 0 saturated carbocycles. The molecular weight excluding hydrogens is 447 g/mol. The van der Waals surface area contributed by atoms with Gasteiger partial charge in [-0.2, -0.15) is 4.39 Å². The van der Waals surface area contributed by atoms with Crippen LogP contribution in [0, 0.1) is 5.95 Å². The zero-order valence-corrected chi connectivity index (χ0v) is 22.2. The summed E-state index contributed by atoms with van der Waals surface area (Å²) in [6.45, 7) is 15.5. The lowest BCUT2D eigenvalue weighted by Crippen LogP contribution is -2.51. The molecule has 1 unspecified atom stereocenters. The van der Waals surface area contributed by atoms with Crippen molar-refractivity contribution in [1.29, 1.82) is 0 Å². The predicted octanol–water partition coefficient (Wildman–Crippen LogP) is 5.41. The third-order valence-electron chi connectivity index (χ3n) is 7.14. The average Bonchev–Trinajstić information content (AvgIpc) is 3.10. The van der Waals surface area contributed by atoms with Gasteiger partial charge >= 0.3 is 0 Å². The van der Waals surface area contributed by atoms with Crippen LogP contribution in [0.4, 0.5) is 4.39 Å². The summed E-state index contributed by atoms with van der Waals surface area (Å²) in [5.74, 6) is -0.651. The molecule has 4 heterocycles. The number of aromatic nitrogens is 5. The Morgan fingerprint density at radius 2 is 1.91 bits per heavy atom. The van der Waals surface area contributed by atoms with Gasteiger partial charge in [0.25, 0.3) is 0 Å². The van der Waals surface area contributed by atoms with Crippen molar-refractivity contribution in [2.75, 3.05) is 6.61 Å². The molecule has 9 heteroatoms. The Morgan fingerprint density at radius 1 is 1.15 bits per heavy atom. The van der Waals surface area contributed by atoms with Crippen molar-refractivity contribution in [2.45, 2.75) is 89.4 Å². The van der Waals surface area contributed by atoms with Crippen molar-refractivity contribution in [3.8, 4) is 11.4 Å². The van der Waals surface area contributed by atoms with Gasteiger partial charge in [-0.05, 0) is 58.2 Å². The second kappa shape index (κ2) is 9.43. The molecule has 0 aromatic carbocycles. The lowest BCUT2D eigenvalue weighted by atomic mass is 9.96. The zero-order chi connectivity index (χ0) is 24.6. The van der Waals surface area contributed by atoms with Gasteiger partial charge in [-0.3, -0.25) is 0 Å². The number of halogens is 1. The highest BCUT2D eigenvalue weighted by Crippen LogP contribution is 2.41. The van der Waals surface area contributed by atoms with E-state index in [-0.39, 0.29) is 16.8 Å². The molecule has 0 spiro atoms. The topological polar surface area (TPSA) is 77.8 Å². The molecule has 1 N–H and O–H groups in total. The molecule has 3 aromatic rings. The molecule has 4 rings (SSSR count). The van der Waals surface area contributed by atoms with Crippen LogP contribution >= 0.6 is 0 Å². The Morgan fingerprint density at radius 3 is 2.68 bits per heavy atom.